The van der Waals surface area contributed by atoms with Crippen molar-refractivity contribution in [1.29, 1.82) is 0 Å². The lowest BCUT2D eigenvalue weighted by molar-refractivity contribution is 0.193. The number of nitrogen functional groups attached to an aromatic ring is 1. The van der Waals surface area contributed by atoms with E-state index in [0.29, 0.717) is 6.54 Å². The standard InChI is InChI=1S/C10H14N2O/c11-8-3-1-7(2-4-8)10-5-9(13)6-12-10/h1-4,9-10,12-13H,5-6,11H2. The zero-order valence-corrected chi connectivity index (χ0v) is 7.40. The second kappa shape index (κ2) is 3.36. The van der Waals surface area contributed by atoms with Gasteiger partial charge in [0, 0.05) is 18.3 Å². The van der Waals surface area contributed by atoms with Crippen LogP contribution in [0.25, 0.3) is 0 Å². The van der Waals surface area contributed by atoms with Crippen LogP contribution in [-0.2, 0) is 0 Å². The second-order valence-corrected chi connectivity index (χ2v) is 3.52. The van der Waals surface area contributed by atoms with Crippen molar-refractivity contribution < 1.29 is 5.11 Å². The normalized spacial score (nSPS) is 27.8. The Morgan fingerprint density at radius 3 is 2.54 bits per heavy atom. The maximum absolute atomic E-state index is 9.33. The number of rotatable bonds is 1. The van der Waals surface area contributed by atoms with Crippen LogP contribution in [0.4, 0.5) is 5.69 Å². The summed E-state index contributed by atoms with van der Waals surface area (Å²) in [6.45, 7) is 0.690. The first-order valence-corrected chi connectivity index (χ1v) is 4.52. The Labute approximate surface area is 77.6 Å². The number of nitrogens with one attached hydrogen (secondary N) is 1. The highest BCUT2D eigenvalue weighted by molar-refractivity contribution is 5.40. The molecule has 0 bridgehead atoms. The molecule has 0 radical (unpaired) electrons. The molecule has 4 N–H and O–H groups in total. The third-order valence-corrected chi connectivity index (χ3v) is 2.45. The van der Waals surface area contributed by atoms with Gasteiger partial charge in [-0.05, 0) is 24.1 Å². The highest BCUT2D eigenvalue weighted by Gasteiger charge is 2.22. The van der Waals surface area contributed by atoms with E-state index in [1.54, 1.807) is 0 Å². The smallest absolute Gasteiger partial charge is 0.0682 e. The molecule has 70 valence electrons. The summed E-state index contributed by atoms with van der Waals surface area (Å²) in [7, 11) is 0. The van der Waals surface area contributed by atoms with Crippen molar-refractivity contribution in [2.45, 2.75) is 18.6 Å². The Hall–Kier alpha value is -1.06. The number of anilines is 1. The first-order valence-electron chi connectivity index (χ1n) is 4.52. The maximum Gasteiger partial charge on any atom is 0.0682 e. The van der Waals surface area contributed by atoms with Crippen molar-refractivity contribution in [2.75, 3.05) is 12.3 Å². The number of β-amino-alcohol motifs (C(OH)–C–C–N with tert-alkyl or cyclic N) is 1. The van der Waals surface area contributed by atoms with E-state index >= 15 is 0 Å². The van der Waals surface area contributed by atoms with Gasteiger partial charge in [0.2, 0.25) is 0 Å². The molecule has 2 atom stereocenters. The number of hydrogen-bond acceptors (Lipinski definition) is 3. The van der Waals surface area contributed by atoms with Gasteiger partial charge in [-0.1, -0.05) is 12.1 Å². The third-order valence-electron chi connectivity index (χ3n) is 2.45. The maximum atomic E-state index is 9.33. The molecule has 2 unspecified atom stereocenters. The quantitative estimate of drug-likeness (QED) is 0.554. The van der Waals surface area contributed by atoms with Gasteiger partial charge in [0.1, 0.15) is 0 Å². The van der Waals surface area contributed by atoms with Crippen LogP contribution in [0.3, 0.4) is 0 Å². The lowest BCUT2D eigenvalue weighted by Crippen LogP contribution is -2.14. The van der Waals surface area contributed by atoms with Crippen molar-refractivity contribution >= 4 is 5.69 Å². The minimum Gasteiger partial charge on any atom is -0.399 e. The Morgan fingerprint density at radius 1 is 1.31 bits per heavy atom. The summed E-state index contributed by atoms with van der Waals surface area (Å²) in [5, 5.41) is 12.6. The van der Waals surface area contributed by atoms with Gasteiger partial charge in [0.15, 0.2) is 0 Å². The first kappa shape index (κ1) is 8.53. The fourth-order valence-electron chi connectivity index (χ4n) is 1.70. The van der Waals surface area contributed by atoms with E-state index in [2.05, 4.69) is 5.32 Å². The molecular weight excluding hydrogens is 164 g/mol. The summed E-state index contributed by atoms with van der Waals surface area (Å²) in [5.74, 6) is 0. The zero-order valence-electron chi connectivity index (χ0n) is 7.40. The van der Waals surface area contributed by atoms with E-state index in [4.69, 9.17) is 5.73 Å². The fourth-order valence-corrected chi connectivity index (χ4v) is 1.70. The van der Waals surface area contributed by atoms with Crippen LogP contribution < -0.4 is 11.1 Å². The number of benzene rings is 1. The zero-order chi connectivity index (χ0) is 9.26. The minimum atomic E-state index is -0.206. The van der Waals surface area contributed by atoms with Crippen molar-refractivity contribution in [3.8, 4) is 0 Å². The van der Waals surface area contributed by atoms with Crippen molar-refractivity contribution in [2.24, 2.45) is 0 Å². The molecule has 0 spiro atoms. The Kier molecular flexibility index (Phi) is 2.20. The topological polar surface area (TPSA) is 58.3 Å². The van der Waals surface area contributed by atoms with Gasteiger partial charge < -0.3 is 16.2 Å². The molecule has 1 fully saturated rings. The first-order chi connectivity index (χ1) is 6.25. The fraction of sp³-hybridized carbons (Fsp3) is 0.400. The summed E-state index contributed by atoms with van der Waals surface area (Å²) < 4.78 is 0. The average molecular weight is 178 g/mol. The number of aliphatic hydroxyl groups is 1. The number of nitrogens with two attached hydrogens (primary N) is 1. The molecule has 1 aromatic carbocycles. The number of hydrogen-bond donors (Lipinski definition) is 3. The molecule has 0 amide bonds. The summed E-state index contributed by atoms with van der Waals surface area (Å²) in [6, 6.07) is 8.08. The van der Waals surface area contributed by atoms with Gasteiger partial charge in [-0.25, -0.2) is 0 Å². The molecule has 1 heterocycles. The monoisotopic (exact) mass is 178 g/mol. The largest absolute Gasteiger partial charge is 0.399 e. The SMILES string of the molecule is Nc1ccc(C2CC(O)CN2)cc1. The van der Waals surface area contributed by atoms with Gasteiger partial charge >= 0.3 is 0 Å². The molecule has 1 aromatic rings. The van der Waals surface area contributed by atoms with Crippen molar-refractivity contribution in [3.63, 3.8) is 0 Å². The average Bonchev–Trinajstić information content (AvgIpc) is 2.53. The second-order valence-electron chi connectivity index (χ2n) is 3.52. The molecule has 0 saturated carbocycles. The summed E-state index contributed by atoms with van der Waals surface area (Å²) in [4.78, 5) is 0. The van der Waals surface area contributed by atoms with E-state index in [0.717, 1.165) is 12.1 Å². The Morgan fingerprint density at radius 2 is 2.00 bits per heavy atom. The van der Waals surface area contributed by atoms with E-state index in [-0.39, 0.29) is 12.1 Å². The lowest BCUT2D eigenvalue weighted by atomic mass is 10.0. The van der Waals surface area contributed by atoms with E-state index in [1.165, 1.54) is 5.56 Å². The minimum absolute atomic E-state index is 0.206. The van der Waals surface area contributed by atoms with E-state index < -0.39 is 0 Å². The molecular formula is C10H14N2O. The molecule has 0 aromatic heterocycles. The van der Waals surface area contributed by atoms with Crippen LogP contribution in [0.1, 0.15) is 18.0 Å². The Bertz CT molecular complexity index is 283. The van der Waals surface area contributed by atoms with Crippen LogP contribution in [-0.4, -0.2) is 17.8 Å². The highest BCUT2D eigenvalue weighted by Crippen LogP contribution is 2.23. The van der Waals surface area contributed by atoms with Gasteiger partial charge in [-0.3, -0.25) is 0 Å². The molecule has 1 saturated heterocycles. The van der Waals surface area contributed by atoms with Crippen LogP contribution in [0.2, 0.25) is 0 Å². The molecule has 2 rings (SSSR count). The summed E-state index contributed by atoms with van der Waals surface area (Å²) in [6.07, 6.45) is 0.590. The van der Waals surface area contributed by atoms with E-state index in [1.807, 2.05) is 24.3 Å². The van der Waals surface area contributed by atoms with Gasteiger partial charge in [-0.15, -0.1) is 0 Å². The summed E-state index contributed by atoms with van der Waals surface area (Å²) in [5.41, 5.74) is 7.56. The predicted octanol–water partition coefficient (Wildman–Crippen LogP) is 0.664. The Balaban J connectivity index is 2.13. The number of aliphatic hydroxyl groups excluding tert-OH is 1. The van der Waals surface area contributed by atoms with Crippen LogP contribution in [0.5, 0.6) is 0 Å². The highest BCUT2D eigenvalue weighted by atomic mass is 16.3. The molecule has 13 heavy (non-hydrogen) atoms. The molecule has 1 aliphatic rings. The van der Waals surface area contributed by atoms with Crippen molar-refractivity contribution in [3.05, 3.63) is 29.8 Å². The molecule has 3 nitrogen and oxygen atoms in total. The summed E-state index contributed by atoms with van der Waals surface area (Å²) >= 11 is 0. The van der Waals surface area contributed by atoms with E-state index in [9.17, 15) is 5.11 Å². The van der Waals surface area contributed by atoms with Gasteiger partial charge in [-0.2, -0.15) is 0 Å². The van der Waals surface area contributed by atoms with Crippen LogP contribution in [0.15, 0.2) is 24.3 Å². The van der Waals surface area contributed by atoms with Gasteiger partial charge in [0.05, 0.1) is 6.10 Å². The van der Waals surface area contributed by atoms with Crippen LogP contribution in [0, 0.1) is 0 Å². The molecule has 3 heteroatoms. The predicted molar refractivity (Wildman–Crippen MR) is 52.2 cm³/mol. The van der Waals surface area contributed by atoms with Crippen LogP contribution >= 0.6 is 0 Å². The molecule has 0 aliphatic carbocycles. The third kappa shape index (κ3) is 1.82. The lowest BCUT2D eigenvalue weighted by Gasteiger charge is -2.09. The van der Waals surface area contributed by atoms with Crippen molar-refractivity contribution in [1.82, 2.24) is 5.32 Å². The molecule has 1 aliphatic heterocycles. The van der Waals surface area contributed by atoms with Gasteiger partial charge in [0.25, 0.3) is 0 Å².